The predicted octanol–water partition coefficient (Wildman–Crippen LogP) is 1.79. The Morgan fingerprint density at radius 1 is 1.50 bits per heavy atom. The Kier molecular flexibility index (Phi) is 7.04. The molecule has 1 aliphatic heterocycles. The van der Waals surface area contributed by atoms with Crippen molar-refractivity contribution in [3.05, 3.63) is 28.2 Å². The summed E-state index contributed by atoms with van der Waals surface area (Å²) < 4.78 is 54.8. The first-order valence-corrected chi connectivity index (χ1v) is 8.10. The molecule has 2 rings (SSSR count). The number of nitrogens with one attached hydrogen (secondary N) is 2. The summed E-state index contributed by atoms with van der Waals surface area (Å²) >= 11 is 0. The third-order valence-corrected chi connectivity index (χ3v) is 4.09. The Hall–Kier alpha value is -2.07. The molecule has 0 amide bonds. The summed E-state index contributed by atoms with van der Waals surface area (Å²) in [5.41, 5.74) is -2.80. The van der Waals surface area contributed by atoms with Crippen LogP contribution in [0.5, 0.6) is 0 Å². The minimum absolute atomic E-state index is 0.0448. The van der Waals surface area contributed by atoms with Crippen molar-refractivity contribution in [1.29, 1.82) is 0 Å². The molecule has 2 unspecified atom stereocenters. The van der Waals surface area contributed by atoms with E-state index >= 15 is 0 Å². The Bertz CT molecular complexity index is 656. The highest BCUT2D eigenvalue weighted by Gasteiger charge is 2.38. The van der Waals surface area contributed by atoms with Gasteiger partial charge in [0.25, 0.3) is 5.56 Å². The van der Waals surface area contributed by atoms with Gasteiger partial charge in [-0.15, -0.1) is 0 Å². The van der Waals surface area contributed by atoms with Gasteiger partial charge in [-0.3, -0.25) is 9.59 Å². The maximum atomic E-state index is 13.2. The van der Waals surface area contributed by atoms with Crippen molar-refractivity contribution in [2.24, 2.45) is 5.92 Å². The highest BCUT2D eigenvalue weighted by Crippen LogP contribution is 2.33. The monoisotopic (exact) mass is 378 g/mol. The molecule has 146 valence electrons. The standard InChI is InChI=1S/C16H21F3N2O5/c1-24-13(22)4-7-26-9-12(10-3-6-25-8-10)21-11-2-5-20-15(23)14(11)16(17,18)19/h2,5,10,12H,3-4,6-9H2,1H3,(H2,20,21,23). The van der Waals surface area contributed by atoms with Gasteiger partial charge < -0.3 is 24.5 Å². The molecule has 1 aliphatic rings. The van der Waals surface area contributed by atoms with Crippen LogP contribution in [0.3, 0.4) is 0 Å². The molecule has 2 atom stereocenters. The van der Waals surface area contributed by atoms with Gasteiger partial charge in [0.2, 0.25) is 0 Å². The van der Waals surface area contributed by atoms with Crippen molar-refractivity contribution in [2.45, 2.75) is 25.1 Å². The average Bonchev–Trinajstić information content (AvgIpc) is 3.10. The zero-order valence-corrected chi connectivity index (χ0v) is 14.2. The second-order valence-electron chi connectivity index (χ2n) is 5.87. The molecule has 0 aromatic carbocycles. The van der Waals surface area contributed by atoms with E-state index in [1.54, 1.807) is 0 Å². The number of esters is 1. The molecule has 10 heteroatoms. The molecule has 26 heavy (non-hydrogen) atoms. The van der Waals surface area contributed by atoms with Crippen LogP contribution in [-0.2, 0) is 25.2 Å². The number of aromatic amines is 1. The largest absolute Gasteiger partial charge is 0.469 e. The molecule has 0 bridgehead atoms. The molecule has 2 heterocycles. The molecular formula is C16H21F3N2O5. The van der Waals surface area contributed by atoms with Crippen LogP contribution in [0, 0.1) is 5.92 Å². The maximum Gasteiger partial charge on any atom is 0.423 e. The minimum Gasteiger partial charge on any atom is -0.469 e. The summed E-state index contributed by atoms with van der Waals surface area (Å²) in [7, 11) is 1.26. The Labute approximate surface area is 147 Å². The fourth-order valence-electron chi connectivity index (χ4n) is 2.71. The van der Waals surface area contributed by atoms with Crippen LogP contribution in [0.25, 0.3) is 0 Å². The number of carbonyl (C=O) groups excluding carboxylic acids is 1. The van der Waals surface area contributed by atoms with Crippen LogP contribution in [0.2, 0.25) is 0 Å². The number of anilines is 1. The lowest BCUT2D eigenvalue weighted by Gasteiger charge is -2.26. The molecular weight excluding hydrogens is 357 g/mol. The molecule has 0 saturated carbocycles. The lowest BCUT2D eigenvalue weighted by Crippen LogP contribution is -2.36. The zero-order chi connectivity index (χ0) is 19.2. The summed E-state index contributed by atoms with van der Waals surface area (Å²) in [6.45, 7) is 1.03. The van der Waals surface area contributed by atoms with Gasteiger partial charge >= 0.3 is 12.1 Å². The number of hydrogen-bond donors (Lipinski definition) is 2. The van der Waals surface area contributed by atoms with Crippen LogP contribution in [0.4, 0.5) is 18.9 Å². The Balaban J connectivity index is 2.11. The highest BCUT2D eigenvalue weighted by molar-refractivity contribution is 5.69. The molecule has 0 spiro atoms. The van der Waals surface area contributed by atoms with Gasteiger partial charge in [-0.1, -0.05) is 0 Å². The first kappa shape index (κ1) is 20.2. The first-order valence-electron chi connectivity index (χ1n) is 8.10. The molecule has 1 aromatic rings. The molecule has 0 aliphatic carbocycles. The van der Waals surface area contributed by atoms with Crippen molar-refractivity contribution in [2.75, 3.05) is 38.9 Å². The molecule has 0 radical (unpaired) electrons. The SMILES string of the molecule is COC(=O)CCOCC(Nc1cc[nH]c(=O)c1C(F)(F)F)C1CCOC1. The van der Waals surface area contributed by atoms with Gasteiger partial charge in [0, 0.05) is 18.7 Å². The fraction of sp³-hybridized carbons (Fsp3) is 0.625. The predicted molar refractivity (Wildman–Crippen MR) is 85.9 cm³/mol. The number of halogens is 3. The number of rotatable bonds is 8. The van der Waals surface area contributed by atoms with Gasteiger partial charge in [0.1, 0.15) is 5.56 Å². The van der Waals surface area contributed by atoms with E-state index < -0.39 is 29.3 Å². The number of carbonyl (C=O) groups is 1. The summed E-state index contributed by atoms with van der Waals surface area (Å²) in [5, 5.41) is 2.78. The van der Waals surface area contributed by atoms with Crippen molar-refractivity contribution < 1.29 is 32.2 Å². The van der Waals surface area contributed by atoms with Gasteiger partial charge in [0.05, 0.1) is 45.1 Å². The normalized spacial score (nSPS) is 18.5. The van der Waals surface area contributed by atoms with E-state index in [0.29, 0.717) is 19.6 Å². The number of alkyl halides is 3. The number of methoxy groups -OCH3 is 1. The van der Waals surface area contributed by atoms with Crippen LogP contribution in [-0.4, -0.2) is 50.5 Å². The summed E-state index contributed by atoms with van der Waals surface area (Å²) in [4.78, 5) is 24.8. The van der Waals surface area contributed by atoms with Gasteiger partial charge in [0.15, 0.2) is 0 Å². The molecule has 2 N–H and O–H groups in total. The minimum atomic E-state index is -4.79. The Morgan fingerprint density at radius 2 is 2.27 bits per heavy atom. The number of H-pyrrole nitrogens is 1. The van der Waals surface area contributed by atoms with Gasteiger partial charge in [-0.25, -0.2) is 0 Å². The maximum absolute atomic E-state index is 13.2. The summed E-state index contributed by atoms with van der Waals surface area (Å²) in [5.74, 6) is -0.513. The number of hydrogen-bond acceptors (Lipinski definition) is 6. The van der Waals surface area contributed by atoms with E-state index in [1.807, 2.05) is 4.98 Å². The smallest absolute Gasteiger partial charge is 0.423 e. The topological polar surface area (TPSA) is 89.7 Å². The summed E-state index contributed by atoms with van der Waals surface area (Å²) in [6, 6.07) is 0.666. The van der Waals surface area contributed by atoms with Crippen LogP contribution in [0.15, 0.2) is 17.1 Å². The van der Waals surface area contributed by atoms with Crippen LogP contribution in [0.1, 0.15) is 18.4 Å². The third kappa shape index (κ3) is 5.46. The zero-order valence-electron chi connectivity index (χ0n) is 14.2. The van der Waals surface area contributed by atoms with E-state index in [-0.39, 0.29) is 31.2 Å². The van der Waals surface area contributed by atoms with E-state index in [1.165, 1.54) is 13.2 Å². The summed E-state index contributed by atoms with van der Waals surface area (Å²) in [6.07, 6.45) is -2.94. The van der Waals surface area contributed by atoms with Gasteiger partial charge in [-0.2, -0.15) is 13.2 Å². The van der Waals surface area contributed by atoms with Crippen LogP contribution < -0.4 is 10.9 Å². The van der Waals surface area contributed by atoms with Crippen molar-refractivity contribution >= 4 is 11.7 Å². The van der Waals surface area contributed by atoms with Crippen molar-refractivity contribution in [1.82, 2.24) is 4.98 Å². The number of pyridine rings is 1. The molecule has 1 fully saturated rings. The van der Waals surface area contributed by atoms with Crippen LogP contribution >= 0.6 is 0 Å². The quantitative estimate of drug-likeness (QED) is 0.530. The third-order valence-electron chi connectivity index (χ3n) is 4.09. The molecule has 1 saturated heterocycles. The van der Waals surface area contributed by atoms with E-state index in [9.17, 15) is 22.8 Å². The number of aromatic nitrogens is 1. The van der Waals surface area contributed by atoms with E-state index in [0.717, 1.165) is 6.20 Å². The fourth-order valence-corrected chi connectivity index (χ4v) is 2.71. The van der Waals surface area contributed by atoms with Crippen molar-refractivity contribution in [3.63, 3.8) is 0 Å². The Morgan fingerprint density at radius 3 is 2.88 bits per heavy atom. The lowest BCUT2D eigenvalue weighted by molar-refractivity contribution is -0.142. The van der Waals surface area contributed by atoms with Gasteiger partial charge in [-0.05, 0) is 12.5 Å². The average molecular weight is 378 g/mol. The molecule has 7 nitrogen and oxygen atoms in total. The second-order valence-corrected chi connectivity index (χ2v) is 5.87. The lowest BCUT2D eigenvalue weighted by atomic mass is 9.99. The molecule has 1 aromatic heterocycles. The number of ether oxygens (including phenoxy) is 3. The van der Waals surface area contributed by atoms with E-state index in [4.69, 9.17) is 9.47 Å². The highest BCUT2D eigenvalue weighted by atomic mass is 19.4. The van der Waals surface area contributed by atoms with Crippen molar-refractivity contribution in [3.8, 4) is 0 Å². The first-order chi connectivity index (χ1) is 12.3. The van der Waals surface area contributed by atoms with E-state index in [2.05, 4.69) is 10.1 Å². The second kappa shape index (κ2) is 9.04.